The van der Waals surface area contributed by atoms with Gasteiger partial charge in [0.25, 0.3) is 0 Å². The second-order valence-electron chi connectivity index (χ2n) is 8.09. The van der Waals surface area contributed by atoms with Gasteiger partial charge in [-0.15, -0.1) is 0 Å². The molecule has 7 heteroatoms. The van der Waals surface area contributed by atoms with E-state index in [9.17, 15) is 18.3 Å². The molecule has 2 aromatic rings. The molecule has 1 aliphatic heterocycles. The van der Waals surface area contributed by atoms with Crippen molar-refractivity contribution in [1.82, 2.24) is 10.2 Å². The van der Waals surface area contributed by atoms with E-state index in [2.05, 4.69) is 10.2 Å². The van der Waals surface area contributed by atoms with Crippen LogP contribution in [0.2, 0.25) is 0 Å². The highest BCUT2D eigenvalue weighted by atomic mass is 19.4. The smallest absolute Gasteiger partial charge is 0.416 e. The van der Waals surface area contributed by atoms with Crippen molar-refractivity contribution in [1.29, 1.82) is 0 Å². The Bertz CT molecular complexity index is 773. The van der Waals surface area contributed by atoms with Gasteiger partial charge in [-0.3, -0.25) is 0 Å². The minimum atomic E-state index is -4.29. The summed E-state index contributed by atoms with van der Waals surface area (Å²) in [5.41, 5.74) is 1.34. The second kappa shape index (κ2) is 11.5. The minimum absolute atomic E-state index is 0.279. The highest BCUT2D eigenvalue weighted by molar-refractivity contribution is 5.27. The van der Waals surface area contributed by atoms with Gasteiger partial charge in [-0.2, -0.15) is 13.2 Å². The van der Waals surface area contributed by atoms with Crippen molar-refractivity contribution in [3.8, 4) is 5.75 Å². The van der Waals surface area contributed by atoms with Crippen molar-refractivity contribution in [3.63, 3.8) is 0 Å². The quantitative estimate of drug-likeness (QED) is 0.546. The standard InChI is InChI=1S/C24H31F3N2O2/c25-24(26,27)21-8-4-19(5-9-21)12-13-28-16-20-6-10-23(11-7-20)31-18-22(30)17-29-14-2-1-3-15-29/h4-11,22,28,30H,1-3,12-18H2/t22-/m0/s1. The molecule has 2 aromatic carbocycles. The molecule has 0 bridgehead atoms. The van der Waals surface area contributed by atoms with Crippen LogP contribution in [-0.4, -0.2) is 48.9 Å². The zero-order valence-electron chi connectivity index (χ0n) is 17.7. The number of nitrogens with one attached hydrogen (secondary N) is 1. The third-order valence-corrected chi connectivity index (χ3v) is 5.48. The number of rotatable bonds is 10. The largest absolute Gasteiger partial charge is 0.491 e. The van der Waals surface area contributed by atoms with Gasteiger partial charge >= 0.3 is 6.18 Å². The molecule has 0 saturated carbocycles. The van der Waals surface area contributed by atoms with Crippen LogP contribution in [0.25, 0.3) is 0 Å². The molecular weight excluding hydrogens is 405 g/mol. The van der Waals surface area contributed by atoms with Gasteiger partial charge in [0.05, 0.1) is 5.56 Å². The van der Waals surface area contributed by atoms with E-state index in [0.29, 0.717) is 26.1 Å². The van der Waals surface area contributed by atoms with E-state index >= 15 is 0 Å². The van der Waals surface area contributed by atoms with Crippen molar-refractivity contribution in [2.75, 3.05) is 32.8 Å². The first-order valence-electron chi connectivity index (χ1n) is 10.9. The molecule has 0 aromatic heterocycles. The van der Waals surface area contributed by atoms with Gasteiger partial charge < -0.3 is 20.1 Å². The Kier molecular flexibility index (Phi) is 8.75. The maximum absolute atomic E-state index is 12.6. The van der Waals surface area contributed by atoms with E-state index in [1.54, 1.807) is 0 Å². The van der Waals surface area contributed by atoms with Gasteiger partial charge in [0, 0.05) is 13.1 Å². The van der Waals surface area contributed by atoms with Crippen LogP contribution >= 0.6 is 0 Å². The summed E-state index contributed by atoms with van der Waals surface area (Å²) in [5.74, 6) is 0.728. The summed E-state index contributed by atoms with van der Waals surface area (Å²) in [6, 6.07) is 13.0. The average molecular weight is 437 g/mol. The number of piperidine rings is 1. The Labute approximate surface area is 182 Å². The van der Waals surface area contributed by atoms with E-state index in [1.165, 1.54) is 31.4 Å². The number of halogens is 3. The lowest BCUT2D eigenvalue weighted by Gasteiger charge is -2.28. The summed E-state index contributed by atoms with van der Waals surface area (Å²) in [6.07, 6.45) is -0.448. The van der Waals surface area contributed by atoms with Gasteiger partial charge in [-0.25, -0.2) is 0 Å². The summed E-state index contributed by atoms with van der Waals surface area (Å²) < 4.78 is 43.5. The van der Waals surface area contributed by atoms with E-state index in [1.807, 2.05) is 24.3 Å². The number of nitrogens with zero attached hydrogens (tertiary/aromatic N) is 1. The first-order chi connectivity index (χ1) is 14.9. The monoisotopic (exact) mass is 436 g/mol. The van der Waals surface area contributed by atoms with Crippen LogP contribution in [0, 0.1) is 0 Å². The molecule has 170 valence electrons. The van der Waals surface area contributed by atoms with Crippen LogP contribution in [0.1, 0.15) is 36.0 Å². The summed E-state index contributed by atoms with van der Waals surface area (Å²) in [7, 11) is 0. The number of hydrogen-bond donors (Lipinski definition) is 2. The van der Waals surface area contributed by atoms with Crippen molar-refractivity contribution >= 4 is 0 Å². The normalized spacial score (nSPS) is 16.3. The first-order valence-corrected chi connectivity index (χ1v) is 10.9. The van der Waals surface area contributed by atoms with Gasteiger partial charge in [-0.05, 0) is 74.3 Å². The lowest BCUT2D eigenvalue weighted by molar-refractivity contribution is -0.137. The SMILES string of the molecule is O[C@H](COc1ccc(CNCCc2ccc(C(F)(F)F)cc2)cc1)CN1CCCCC1. The minimum Gasteiger partial charge on any atom is -0.491 e. The maximum atomic E-state index is 12.6. The Balaban J connectivity index is 1.33. The van der Waals surface area contributed by atoms with Crippen LogP contribution in [0.15, 0.2) is 48.5 Å². The molecule has 0 aliphatic carbocycles. The van der Waals surface area contributed by atoms with E-state index < -0.39 is 17.8 Å². The molecule has 31 heavy (non-hydrogen) atoms. The number of likely N-dealkylation sites (tertiary alicyclic amines) is 1. The summed E-state index contributed by atoms with van der Waals surface area (Å²) >= 11 is 0. The third kappa shape index (κ3) is 8.16. The number of β-amino-alcohol motifs (C(OH)–C–C–N with tert-alkyl or cyclic N) is 1. The molecule has 0 spiro atoms. The molecule has 1 heterocycles. The topological polar surface area (TPSA) is 44.7 Å². The molecule has 0 unspecified atom stereocenters. The van der Waals surface area contributed by atoms with Gasteiger partial charge in [0.15, 0.2) is 0 Å². The Hall–Kier alpha value is -2.09. The predicted molar refractivity (Wildman–Crippen MR) is 115 cm³/mol. The predicted octanol–water partition coefficient (Wildman–Crippen LogP) is 4.26. The van der Waals surface area contributed by atoms with Crippen LogP contribution in [0.5, 0.6) is 5.75 Å². The zero-order valence-corrected chi connectivity index (χ0v) is 17.7. The highest BCUT2D eigenvalue weighted by Gasteiger charge is 2.29. The molecule has 1 saturated heterocycles. The number of aliphatic hydroxyl groups excluding tert-OH is 1. The average Bonchev–Trinajstić information content (AvgIpc) is 2.76. The second-order valence-corrected chi connectivity index (χ2v) is 8.09. The Morgan fingerprint density at radius 1 is 0.935 bits per heavy atom. The summed E-state index contributed by atoms with van der Waals surface area (Å²) in [6.45, 7) is 4.38. The van der Waals surface area contributed by atoms with Crippen molar-refractivity contribution in [3.05, 3.63) is 65.2 Å². The van der Waals surface area contributed by atoms with Crippen LogP contribution in [-0.2, 0) is 19.1 Å². The molecule has 1 aliphatic rings. The molecule has 0 radical (unpaired) electrons. The van der Waals surface area contributed by atoms with Crippen LogP contribution in [0.4, 0.5) is 13.2 Å². The molecule has 1 fully saturated rings. The van der Waals surface area contributed by atoms with Crippen molar-refractivity contribution < 1.29 is 23.0 Å². The highest BCUT2D eigenvalue weighted by Crippen LogP contribution is 2.29. The number of benzene rings is 2. The third-order valence-electron chi connectivity index (χ3n) is 5.48. The molecule has 3 rings (SSSR count). The maximum Gasteiger partial charge on any atom is 0.416 e. The van der Waals surface area contributed by atoms with Crippen LogP contribution in [0.3, 0.4) is 0 Å². The molecular formula is C24H31F3N2O2. The lowest BCUT2D eigenvalue weighted by Crippen LogP contribution is -2.38. The van der Waals surface area contributed by atoms with Gasteiger partial charge in [0.2, 0.25) is 0 Å². The Morgan fingerprint density at radius 3 is 2.23 bits per heavy atom. The fourth-order valence-corrected chi connectivity index (χ4v) is 3.71. The summed E-state index contributed by atoms with van der Waals surface area (Å²) in [5, 5.41) is 13.5. The van der Waals surface area contributed by atoms with Gasteiger partial charge in [0.1, 0.15) is 18.5 Å². The molecule has 2 N–H and O–H groups in total. The van der Waals surface area contributed by atoms with E-state index in [0.717, 1.165) is 42.1 Å². The first kappa shape index (κ1) is 23.6. The van der Waals surface area contributed by atoms with Crippen molar-refractivity contribution in [2.45, 2.75) is 44.5 Å². The number of ether oxygens (including phenoxy) is 1. The molecule has 1 atom stereocenters. The van der Waals surface area contributed by atoms with Crippen LogP contribution < -0.4 is 10.1 Å². The molecule has 4 nitrogen and oxygen atoms in total. The zero-order chi connectivity index (χ0) is 22.1. The van der Waals surface area contributed by atoms with E-state index in [-0.39, 0.29) is 6.61 Å². The summed E-state index contributed by atoms with van der Waals surface area (Å²) in [4.78, 5) is 2.29. The fourth-order valence-electron chi connectivity index (χ4n) is 3.71. The number of hydrogen-bond acceptors (Lipinski definition) is 4. The lowest BCUT2D eigenvalue weighted by atomic mass is 10.1. The Morgan fingerprint density at radius 2 is 1.58 bits per heavy atom. The molecule has 0 amide bonds. The van der Waals surface area contributed by atoms with E-state index in [4.69, 9.17) is 4.74 Å². The number of alkyl halides is 3. The van der Waals surface area contributed by atoms with Gasteiger partial charge in [-0.1, -0.05) is 30.7 Å². The number of aliphatic hydroxyl groups is 1. The fraction of sp³-hybridized carbons (Fsp3) is 0.500. The van der Waals surface area contributed by atoms with Crippen molar-refractivity contribution in [2.24, 2.45) is 0 Å².